The van der Waals surface area contributed by atoms with Gasteiger partial charge >= 0.3 is 0 Å². The standard InChI is InChI=1S/C16H12N2OS/c1-3-9-18-11(2)17-15-14(16(18)19)13(10-20-15)12-7-5-4-6-8-12/h1,4-8,10H,9H2,2H3. The Bertz CT molecular complexity index is 869. The molecule has 3 aromatic rings. The molecule has 0 saturated carbocycles. The normalized spacial score (nSPS) is 10.6. The number of aryl methyl sites for hydroxylation is 1. The highest BCUT2D eigenvalue weighted by Gasteiger charge is 2.14. The van der Waals surface area contributed by atoms with Gasteiger partial charge in [-0.15, -0.1) is 17.8 Å². The molecule has 0 N–H and O–H groups in total. The fourth-order valence-electron chi connectivity index (χ4n) is 2.23. The monoisotopic (exact) mass is 280 g/mol. The highest BCUT2D eigenvalue weighted by atomic mass is 32.1. The van der Waals surface area contributed by atoms with Gasteiger partial charge in [0, 0.05) is 10.9 Å². The zero-order valence-electron chi connectivity index (χ0n) is 11.0. The van der Waals surface area contributed by atoms with Crippen LogP contribution in [0.4, 0.5) is 0 Å². The average molecular weight is 280 g/mol. The largest absolute Gasteiger partial charge is 0.284 e. The van der Waals surface area contributed by atoms with Gasteiger partial charge in [-0.25, -0.2) is 4.98 Å². The first kappa shape index (κ1) is 12.6. The van der Waals surface area contributed by atoms with Crippen LogP contribution in [0.15, 0.2) is 40.5 Å². The highest BCUT2D eigenvalue weighted by Crippen LogP contribution is 2.30. The zero-order chi connectivity index (χ0) is 14.1. The topological polar surface area (TPSA) is 34.9 Å². The van der Waals surface area contributed by atoms with Crippen LogP contribution in [0.3, 0.4) is 0 Å². The Hall–Kier alpha value is -2.38. The molecule has 2 heterocycles. The van der Waals surface area contributed by atoms with Gasteiger partial charge in [-0.05, 0) is 12.5 Å². The number of rotatable bonds is 2. The Kier molecular flexibility index (Phi) is 3.13. The summed E-state index contributed by atoms with van der Waals surface area (Å²) in [6, 6.07) is 9.86. The van der Waals surface area contributed by atoms with Crippen LogP contribution in [0, 0.1) is 19.3 Å². The number of fused-ring (bicyclic) bond motifs is 1. The molecule has 20 heavy (non-hydrogen) atoms. The predicted octanol–water partition coefficient (Wildman–Crippen LogP) is 3.07. The van der Waals surface area contributed by atoms with Gasteiger partial charge in [-0.3, -0.25) is 9.36 Å². The Labute approximate surface area is 120 Å². The maximum atomic E-state index is 12.6. The number of thiophene rings is 1. The van der Waals surface area contributed by atoms with Gasteiger partial charge in [0.05, 0.1) is 11.9 Å². The van der Waals surface area contributed by atoms with Crippen molar-refractivity contribution in [2.24, 2.45) is 0 Å². The minimum Gasteiger partial charge on any atom is -0.284 e. The third kappa shape index (κ3) is 1.93. The first-order valence-corrected chi connectivity index (χ1v) is 7.08. The minimum absolute atomic E-state index is 0.0643. The van der Waals surface area contributed by atoms with Gasteiger partial charge in [0.15, 0.2) is 0 Å². The molecule has 0 aliphatic carbocycles. The highest BCUT2D eigenvalue weighted by molar-refractivity contribution is 7.17. The van der Waals surface area contributed by atoms with E-state index in [2.05, 4.69) is 10.9 Å². The van der Waals surface area contributed by atoms with Crippen molar-refractivity contribution in [2.75, 3.05) is 0 Å². The predicted molar refractivity (Wildman–Crippen MR) is 82.9 cm³/mol. The van der Waals surface area contributed by atoms with E-state index in [0.717, 1.165) is 16.0 Å². The summed E-state index contributed by atoms with van der Waals surface area (Å²) in [7, 11) is 0. The number of terminal acetylenes is 1. The van der Waals surface area contributed by atoms with Gasteiger partial charge in [-0.1, -0.05) is 36.3 Å². The molecule has 0 aliphatic rings. The van der Waals surface area contributed by atoms with E-state index in [1.807, 2.05) is 35.7 Å². The van der Waals surface area contributed by atoms with Crippen LogP contribution in [0.5, 0.6) is 0 Å². The van der Waals surface area contributed by atoms with E-state index in [0.29, 0.717) is 11.2 Å². The molecule has 1 aromatic carbocycles. The summed E-state index contributed by atoms with van der Waals surface area (Å²) in [4.78, 5) is 17.9. The molecule has 0 unspecified atom stereocenters. The van der Waals surface area contributed by atoms with E-state index in [-0.39, 0.29) is 12.1 Å². The third-order valence-electron chi connectivity index (χ3n) is 3.22. The molecule has 0 fully saturated rings. The first-order chi connectivity index (χ1) is 9.72. The van der Waals surface area contributed by atoms with Crippen LogP contribution in [0.2, 0.25) is 0 Å². The lowest BCUT2D eigenvalue weighted by Crippen LogP contribution is -2.23. The fraction of sp³-hybridized carbons (Fsp3) is 0.125. The lowest BCUT2D eigenvalue weighted by atomic mass is 10.1. The molecule has 0 aliphatic heterocycles. The lowest BCUT2D eigenvalue weighted by Gasteiger charge is -2.06. The Morgan fingerprint density at radius 2 is 2.10 bits per heavy atom. The SMILES string of the molecule is C#CCn1c(C)nc2scc(-c3ccccc3)c2c1=O. The van der Waals surface area contributed by atoms with E-state index < -0.39 is 0 Å². The van der Waals surface area contributed by atoms with E-state index in [1.54, 1.807) is 11.5 Å². The van der Waals surface area contributed by atoms with E-state index in [9.17, 15) is 4.79 Å². The van der Waals surface area contributed by atoms with Crippen LogP contribution in [-0.2, 0) is 6.54 Å². The second kappa shape index (κ2) is 4.95. The maximum absolute atomic E-state index is 12.6. The van der Waals surface area contributed by atoms with E-state index >= 15 is 0 Å². The number of hydrogen-bond acceptors (Lipinski definition) is 3. The minimum atomic E-state index is -0.0643. The van der Waals surface area contributed by atoms with Gasteiger partial charge in [0.25, 0.3) is 5.56 Å². The smallest absolute Gasteiger partial charge is 0.263 e. The molecule has 3 nitrogen and oxygen atoms in total. The zero-order valence-corrected chi connectivity index (χ0v) is 11.8. The molecular formula is C16H12N2OS. The molecule has 0 amide bonds. The summed E-state index contributed by atoms with van der Waals surface area (Å²) >= 11 is 1.49. The van der Waals surface area contributed by atoms with Gasteiger partial charge in [0.1, 0.15) is 10.7 Å². The number of aromatic nitrogens is 2. The quantitative estimate of drug-likeness (QED) is 0.676. The van der Waals surface area contributed by atoms with Crippen LogP contribution in [0.1, 0.15) is 5.82 Å². The van der Waals surface area contributed by atoms with Gasteiger partial charge < -0.3 is 0 Å². The van der Waals surface area contributed by atoms with Crippen LogP contribution in [0.25, 0.3) is 21.3 Å². The molecular weight excluding hydrogens is 268 g/mol. The van der Waals surface area contributed by atoms with E-state index in [4.69, 9.17) is 6.42 Å². The molecule has 3 rings (SSSR count). The van der Waals surface area contributed by atoms with Crippen molar-refractivity contribution in [1.82, 2.24) is 9.55 Å². The van der Waals surface area contributed by atoms with Crippen molar-refractivity contribution in [2.45, 2.75) is 13.5 Å². The third-order valence-corrected chi connectivity index (χ3v) is 4.09. The van der Waals surface area contributed by atoms with Crippen molar-refractivity contribution in [3.63, 3.8) is 0 Å². The number of nitrogens with zero attached hydrogens (tertiary/aromatic N) is 2. The summed E-state index contributed by atoms with van der Waals surface area (Å²) < 4.78 is 1.54. The van der Waals surface area contributed by atoms with Crippen LogP contribution < -0.4 is 5.56 Å². The Balaban J connectivity index is 2.35. The van der Waals surface area contributed by atoms with Gasteiger partial charge in [0.2, 0.25) is 0 Å². The lowest BCUT2D eigenvalue weighted by molar-refractivity contribution is 0.743. The summed E-state index contributed by atoms with van der Waals surface area (Å²) in [5.41, 5.74) is 1.88. The molecule has 2 aromatic heterocycles. The maximum Gasteiger partial charge on any atom is 0.263 e. The molecule has 98 valence electrons. The molecule has 4 heteroatoms. The van der Waals surface area contributed by atoms with Crippen molar-refractivity contribution in [1.29, 1.82) is 0 Å². The molecule has 0 atom stereocenters. The van der Waals surface area contributed by atoms with Crippen LogP contribution in [-0.4, -0.2) is 9.55 Å². The molecule has 0 bridgehead atoms. The van der Waals surface area contributed by atoms with Crippen molar-refractivity contribution >= 4 is 21.6 Å². The van der Waals surface area contributed by atoms with Crippen LogP contribution >= 0.6 is 11.3 Å². The summed E-state index contributed by atoms with van der Waals surface area (Å²) in [6.07, 6.45) is 5.33. The molecule has 0 radical (unpaired) electrons. The average Bonchev–Trinajstić information content (AvgIpc) is 2.88. The fourth-order valence-corrected chi connectivity index (χ4v) is 3.22. The Morgan fingerprint density at radius 3 is 2.80 bits per heavy atom. The van der Waals surface area contributed by atoms with Crippen molar-refractivity contribution < 1.29 is 0 Å². The number of benzene rings is 1. The second-order valence-corrected chi connectivity index (χ2v) is 5.31. The Morgan fingerprint density at radius 1 is 1.35 bits per heavy atom. The summed E-state index contributed by atoms with van der Waals surface area (Å²) in [5.74, 6) is 3.16. The number of hydrogen-bond donors (Lipinski definition) is 0. The molecule has 0 spiro atoms. The van der Waals surface area contributed by atoms with Crippen molar-refractivity contribution in [3.05, 3.63) is 51.9 Å². The summed E-state index contributed by atoms with van der Waals surface area (Å²) in [6.45, 7) is 2.05. The van der Waals surface area contributed by atoms with Crippen molar-refractivity contribution in [3.8, 4) is 23.5 Å². The summed E-state index contributed by atoms with van der Waals surface area (Å²) in [5, 5.41) is 2.63. The molecule has 0 saturated heterocycles. The first-order valence-electron chi connectivity index (χ1n) is 6.20. The van der Waals surface area contributed by atoms with E-state index in [1.165, 1.54) is 11.3 Å². The second-order valence-electron chi connectivity index (χ2n) is 4.45. The van der Waals surface area contributed by atoms with Gasteiger partial charge in [-0.2, -0.15) is 0 Å².